The Hall–Kier alpha value is -0.570. The SMILES string of the molecule is CCN(CCN)C(=O)C(C)C1CC1. The van der Waals surface area contributed by atoms with Gasteiger partial charge in [-0.1, -0.05) is 6.92 Å². The van der Waals surface area contributed by atoms with Gasteiger partial charge in [0, 0.05) is 25.6 Å². The van der Waals surface area contributed by atoms with Gasteiger partial charge in [0.2, 0.25) is 5.91 Å². The number of likely N-dealkylation sites (N-methyl/N-ethyl adjacent to an activating group) is 1. The van der Waals surface area contributed by atoms with E-state index in [0.717, 1.165) is 6.54 Å². The molecule has 1 unspecified atom stereocenters. The fraction of sp³-hybridized carbons (Fsp3) is 0.900. The molecule has 1 rings (SSSR count). The first-order chi connectivity index (χ1) is 6.20. The van der Waals surface area contributed by atoms with Crippen molar-refractivity contribution in [2.75, 3.05) is 19.6 Å². The van der Waals surface area contributed by atoms with Crippen molar-refractivity contribution in [1.29, 1.82) is 0 Å². The van der Waals surface area contributed by atoms with Crippen LogP contribution >= 0.6 is 0 Å². The Bertz CT molecular complexity index is 178. The molecule has 1 amide bonds. The summed E-state index contributed by atoms with van der Waals surface area (Å²) in [6, 6.07) is 0. The van der Waals surface area contributed by atoms with E-state index in [1.165, 1.54) is 12.8 Å². The van der Waals surface area contributed by atoms with Gasteiger partial charge >= 0.3 is 0 Å². The molecule has 0 aromatic heterocycles. The lowest BCUT2D eigenvalue weighted by Gasteiger charge is -2.23. The first kappa shape index (κ1) is 10.5. The van der Waals surface area contributed by atoms with E-state index >= 15 is 0 Å². The summed E-state index contributed by atoms with van der Waals surface area (Å²) in [6.07, 6.45) is 2.46. The number of carbonyl (C=O) groups is 1. The number of hydrogen-bond donors (Lipinski definition) is 1. The van der Waals surface area contributed by atoms with Gasteiger partial charge in [0.1, 0.15) is 0 Å². The predicted octanol–water partition coefficient (Wildman–Crippen LogP) is 0.840. The van der Waals surface area contributed by atoms with Crippen LogP contribution in [0.2, 0.25) is 0 Å². The van der Waals surface area contributed by atoms with Crippen molar-refractivity contribution in [3.05, 3.63) is 0 Å². The highest BCUT2D eigenvalue weighted by molar-refractivity contribution is 5.79. The zero-order valence-corrected chi connectivity index (χ0v) is 8.62. The van der Waals surface area contributed by atoms with Crippen LogP contribution in [-0.4, -0.2) is 30.4 Å². The average Bonchev–Trinajstić information content (AvgIpc) is 2.95. The second-order valence-corrected chi connectivity index (χ2v) is 3.83. The predicted molar refractivity (Wildman–Crippen MR) is 53.2 cm³/mol. The lowest BCUT2D eigenvalue weighted by atomic mass is 10.1. The van der Waals surface area contributed by atoms with Gasteiger partial charge < -0.3 is 10.6 Å². The zero-order valence-electron chi connectivity index (χ0n) is 8.62. The smallest absolute Gasteiger partial charge is 0.225 e. The van der Waals surface area contributed by atoms with Gasteiger partial charge in [-0.3, -0.25) is 4.79 Å². The summed E-state index contributed by atoms with van der Waals surface area (Å²) in [4.78, 5) is 13.7. The van der Waals surface area contributed by atoms with Crippen molar-refractivity contribution in [2.24, 2.45) is 17.6 Å². The second-order valence-electron chi connectivity index (χ2n) is 3.83. The number of nitrogens with two attached hydrogens (primary N) is 1. The minimum absolute atomic E-state index is 0.214. The number of rotatable bonds is 5. The third-order valence-corrected chi connectivity index (χ3v) is 2.81. The Morgan fingerprint density at radius 3 is 2.62 bits per heavy atom. The first-order valence-corrected chi connectivity index (χ1v) is 5.19. The molecule has 2 N–H and O–H groups in total. The van der Waals surface area contributed by atoms with Gasteiger partial charge in [-0.25, -0.2) is 0 Å². The Morgan fingerprint density at radius 2 is 2.23 bits per heavy atom. The third-order valence-electron chi connectivity index (χ3n) is 2.81. The maximum absolute atomic E-state index is 11.8. The molecule has 13 heavy (non-hydrogen) atoms. The molecule has 0 heterocycles. The fourth-order valence-corrected chi connectivity index (χ4v) is 1.67. The third kappa shape index (κ3) is 2.69. The lowest BCUT2D eigenvalue weighted by molar-refractivity contribution is -0.135. The highest BCUT2D eigenvalue weighted by atomic mass is 16.2. The zero-order chi connectivity index (χ0) is 9.84. The molecule has 1 saturated carbocycles. The lowest BCUT2D eigenvalue weighted by Crippen LogP contribution is -2.39. The minimum atomic E-state index is 0.214. The molecule has 1 atom stereocenters. The van der Waals surface area contributed by atoms with Crippen LogP contribution in [0.1, 0.15) is 26.7 Å². The molecule has 0 aromatic rings. The highest BCUT2D eigenvalue weighted by Crippen LogP contribution is 2.37. The van der Waals surface area contributed by atoms with E-state index in [2.05, 4.69) is 0 Å². The van der Waals surface area contributed by atoms with Crippen molar-refractivity contribution >= 4 is 5.91 Å². The summed E-state index contributed by atoms with van der Waals surface area (Å²) in [7, 11) is 0. The summed E-state index contributed by atoms with van der Waals surface area (Å²) < 4.78 is 0. The largest absolute Gasteiger partial charge is 0.341 e. The second kappa shape index (κ2) is 4.61. The van der Waals surface area contributed by atoms with Gasteiger partial charge in [-0.15, -0.1) is 0 Å². The van der Waals surface area contributed by atoms with E-state index < -0.39 is 0 Å². The maximum Gasteiger partial charge on any atom is 0.225 e. The molecule has 3 heteroatoms. The molecule has 0 radical (unpaired) electrons. The van der Waals surface area contributed by atoms with Crippen LogP contribution in [0, 0.1) is 11.8 Å². The van der Waals surface area contributed by atoms with Crippen LogP contribution in [0.15, 0.2) is 0 Å². The summed E-state index contributed by atoms with van der Waals surface area (Å²) in [5, 5.41) is 0. The monoisotopic (exact) mass is 184 g/mol. The molecule has 0 aliphatic heterocycles. The van der Waals surface area contributed by atoms with Gasteiger partial charge in [0.05, 0.1) is 0 Å². The number of amides is 1. The van der Waals surface area contributed by atoms with Gasteiger partial charge in [-0.2, -0.15) is 0 Å². The molecule has 3 nitrogen and oxygen atoms in total. The van der Waals surface area contributed by atoms with Crippen LogP contribution in [0.25, 0.3) is 0 Å². The first-order valence-electron chi connectivity index (χ1n) is 5.19. The number of carbonyl (C=O) groups excluding carboxylic acids is 1. The van der Waals surface area contributed by atoms with Crippen LogP contribution in [-0.2, 0) is 4.79 Å². The van der Waals surface area contributed by atoms with Gasteiger partial charge in [-0.05, 0) is 25.7 Å². The van der Waals surface area contributed by atoms with E-state index in [1.54, 1.807) is 0 Å². The van der Waals surface area contributed by atoms with Crippen molar-refractivity contribution in [1.82, 2.24) is 4.90 Å². The van der Waals surface area contributed by atoms with Crippen molar-refractivity contribution in [3.8, 4) is 0 Å². The quantitative estimate of drug-likeness (QED) is 0.688. The molecular formula is C10H20N2O. The maximum atomic E-state index is 11.8. The summed E-state index contributed by atoms with van der Waals surface area (Å²) in [5.41, 5.74) is 5.44. The fourth-order valence-electron chi connectivity index (χ4n) is 1.67. The molecule has 0 bridgehead atoms. The Labute approximate surface area is 80.3 Å². The number of nitrogens with zero attached hydrogens (tertiary/aromatic N) is 1. The van der Waals surface area contributed by atoms with Crippen LogP contribution in [0.3, 0.4) is 0 Å². The Morgan fingerprint density at radius 1 is 1.62 bits per heavy atom. The summed E-state index contributed by atoms with van der Waals surface area (Å²) >= 11 is 0. The van der Waals surface area contributed by atoms with Crippen molar-refractivity contribution in [3.63, 3.8) is 0 Å². The standard InChI is InChI=1S/C10H20N2O/c1-3-12(7-6-11)10(13)8(2)9-4-5-9/h8-9H,3-7,11H2,1-2H3. The summed E-state index contributed by atoms with van der Waals surface area (Å²) in [6.45, 7) is 6.10. The molecule has 1 aliphatic carbocycles. The summed E-state index contributed by atoms with van der Waals surface area (Å²) in [5.74, 6) is 1.15. The Balaban J connectivity index is 2.41. The topological polar surface area (TPSA) is 46.3 Å². The van der Waals surface area contributed by atoms with E-state index in [4.69, 9.17) is 5.73 Å². The van der Waals surface area contributed by atoms with E-state index in [-0.39, 0.29) is 11.8 Å². The van der Waals surface area contributed by atoms with Crippen molar-refractivity contribution in [2.45, 2.75) is 26.7 Å². The molecule has 0 spiro atoms. The van der Waals surface area contributed by atoms with Crippen LogP contribution in [0.4, 0.5) is 0 Å². The molecule has 0 aromatic carbocycles. The van der Waals surface area contributed by atoms with Crippen LogP contribution < -0.4 is 5.73 Å². The minimum Gasteiger partial charge on any atom is -0.341 e. The van der Waals surface area contributed by atoms with Crippen molar-refractivity contribution < 1.29 is 4.79 Å². The van der Waals surface area contributed by atoms with Gasteiger partial charge in [0.25, 0.3) is 0 Å². The Kier molecular flexibility index (Phi) is 3.72. The number of hydrogen-bond acceptors (Lipinski definition) is 2. The molecule has 1 fully saturated rings. The molecular weight excluding hydrogens is 164 g/mol. The van der Waals surface area contributed by atoms with E-state index in [0.29, 0.717) is 19.0 Å². The van der Waals surface area contributed by atoms with Gasteiger partial charge in [0.15, 0.2) is 0 Å². The normalized spacial score (nSPS) is 18.4. The highest BCUT2D eigenvalue weighted by Gasteiger charge is 2.34. The van der Waals surface area contributed by atoms with Crippen LogP contribution in [0.5, 0.6) is 0 Å². The molecule has 0 saturated heterocycles. The van der Waals surface area contributed by atoms with E-state index in [1.807, 2.05) is 18.7 Å². The molecule has 76 valence electrons. The van der Waals surface area contributed by atoms with E-state index in [9.17, 15) is 4.79 Å². The average molecular weight is 184 g/mol. The molecule has 1 aliphatic rings.